The second kappa shape index (κ2) is 5.24. The van der Waals surface area contributed by atoms with E-state index in [9.17, 15) is 4.79 Å². The van der Waals surface area contributed by atoms with Gasteiger partial charge in [0, 0.05) is 5.56 Å². The van der Waals surface area contributed by atoms with Crippen LogP contribution >= 0.6 is 0 Å². The minimum absolute atomic E-state index is 0.0354. The van der Waals surface area contributed by atoms with Gasteiger partial charge in [0.15, 0.2) is 0 Å². The number of hydrogen-bond acceptors (Lipinski definition) is 2. The summed E-state index contributed by atoms with van der Waals surface area (Å²) in [6, 6.07) is 11.8. The quantitative estimate of drug-likeness (QED) is 0.798. The van der Waals surface area contributed by atoms with Gasteiger partial charge in [-0.25, -0.2) is 0 Å². The van der Waals surface area contributed by atoms with E-state index in [2.05, 4.69) is 6.92 Å². The molecule has 0 N–H and O–H groups in total. The normalized spacial score (nSPS) is 13.6. The van der Waals surface area contributed by atoms with Gasteiger partial charge in [-0.2, -0.15) is 0 Å². The second-order valence-corrected chi connectivity index (χ2v) is 5.58. The number of carbonyl (C=O) groups excluding carboxylic acids is 1. The van der Waals surface area contributed by atoms with Crippen molar-refractivity contribution in [2.75, 3.05) is 18.1 Å². The monoisotopic (exact) mass is 281 g/mol. The molecule has 0 unspecified atom stereocenters. The third-order valence-electron chi connectivity index (χ3n) is 3.98. The minimum Gasteiger partial charge on any atom is -0.490 e. The number of fused-ring (bicyclic) bond motifs is 1. The van der Waals surface area contributed by atoms with Crippen molar-refractivity contribution in [3.8, 4) is 5.75 Å². The number of carbonyl (C=O) groups is 1. The molecule has 0 bridgehead atoms. The predicted octanol–water partition coefficient (Wildman–Crippen LogP) is 3.65. The van der Waals surface area contributed by atoms with Crippen LogP contribution in [-0.2, 0) is 0 Å². The highest BCUT2D eigenvalue weighted by molar-refractivity contribution is 6.07. The lowest BCUT2D eigenvalue weighted by Crippen LogP contribution is -2.38. The van der Waals surface area contributed by atoms with Crippen molar-refractivity contribution in [1.82, 2.24) is 0 Å². The van der Waals surface area contributed by atoms with Crippen molar-refractivity contribution >= 4 is 11.6 Å². The molecule has 0 saturated carbocycles. The molecule has 0 radical (unpaired) electrons. The van der Waals surface area contributed by atoms with E-state index in [1.165, 1.54) is 5.56 Å². The third-order valence-corrected chi connectivity index (χ3v) is 3.98. The summed E-state index contributed by atoms with van der Waals surface area (Å²) in [5.41, 5.74) is 5.05. The molecule has 3 heteroatoms. The van der Waals surface area contributed by atoms with Crippen LogP contribution in [0.15, 0.2) is 36.4 Å². The van der Waals surface area contributed by atoms with Crippen molar-refractivity contribution in [2.24, 2.45) is 0 Å². The highest BCUT2D eigenvalue weighted by Gasteiger charge is 2.24. The molecule has 2 aromatic carbocycles. The molecule has 3 rings (SSSR count). The molecule has 3 nitrogen and oxygen atoms in total. The molecule has 108 valence electrons. The Kier molecular flexibility index (Phi) is 3.42. The summed E-state index contributed by atoms with van der Waals surface area (Å²) in [5.74, 6) is 0.817. The van der Waals surface area contributed by atoms with Crippen LogP contribution in [0.25, 0.3) is 0 Å². The fraction of sp³-hybridized carbons (Fsp3) is 0.278. The van der Waals surface area contributed by atoms with E-state index in [1.807, 2.05) is 55.1 Å². The van der Waals surface area contributed by atoms with Crippen LogP contribution in [0.4, 0.5) is 5.69 Å². The molecular weight excluding hydrogens is 262 g/mol. The Hall–Kier alpha value is -2.29. The summed E-state index contributed by atoms with van der Waals surface area (Å²) in [4.78, 5) is 14.6. The van der Waals surface area contributed by atoms with Gasteiger partial charge in [-0.05, 0) is 61.7 Å². The summed E-state index contributed by atoms with van der Waals surface area (Å²) in [7, 11) is 0. The van der Waals surface area contributed by atoms with Gasteiger partial charge in [-0.3, -0.25) is 4.79 Å². The zero-order valence-corrected chi connectivity index (χ0v) is 12.6. The Morgan fingerprint density at radius 1 is 1.05 bits per heavy atom. The number of hydrogen-bond donors (Lipinski definition) is 0. The molecule has 1 aliphatic heterocycles. The van der Waals surface area contributed by atoms with Gasteiger partial charge in [-0.1, -0.05) is 12.1 Å². The van der Waals surface area contributed by atoms with Crippen LogP contribution in [-0.4, -0.2) is 19.1 Å². The fourth-order valence-corrected chi connectivity index (χ4v) is 2.57. The first-order valence-electron chi connectivity index (χ1n) is 7.19. The summed E-state index contributed by atoms with van der Waals surface area (Å²) < 4.78 is 5.64. The Morgan fingerprint density at radius 2 is 1.86 bits per heavy atom. The fourth-order valence-electron chi connectivity index (χ4n) is 2.57. The van der Waals surface area contributed by atoms with Crippen LogP contribution in [0.1, 0.15) is 27.0 Å². The standard InChI is InChI=1S/C18H19NO2/c1-12-4-7-17-16(10-12)19(8-9-21-17)18(20)15-6-5-13(2)14(3)11-15/h4-7,10-11H,8-9H2,1-3H3. The summed E-state index contributed by atoms with van der Waals surface area (Å²) in [5, 5.41) is 0. The number of benzene rings is 2. The van der Waals surface area contributed by atoms with E-state index in [0.29, 0.717) is 13.2 Å². The topological polar surface area (TPSA) is 29.5 Å². The maximum Gasteiger partial charge on any atom is 0.258 e. The van der Waals surface area contributed by atoms with Crippen LogP contribution in [0.3, 0.4) is 0 Å². The van der Waals surface area contributed by atoms with Crippen molar-refractivity contribution < 1.29 is 9.53 Å². The van der Waals surface area contributed by atoms with Gasteiger partial charge < -0.3 is 9.64 Å². The van der Waals surface area contributed by atoms with Gasteiger partial charge in [-0.15, -0.1) is 0 Å². The van der Waals surface area contributed by atoms with Gasteiger partial charge >= 0.3 is 0 Å². The molecule has 0 fully saturated rings. The Balaban J connectivity index is 1.99. The summed E-state index contributed by atoms with van der Waals surface area (Å²) >= 11 is 0. The lowest BCUT2D eigenvalue weighted by atomic mass is 10.0. The molecule has 0 aromatic heterocycles. The van der Waals surface area contributed by atoms with Gasteiger partial charge in [0.25, 0.3) is 5.91 Å². The van der Waals surface area contributed by atoms with E-state index in [-0.39, 0.29) is 5.91 Å². The minimum atomic E-state index is 0.0354. The Bertz CT molecular complexity index is 706. The molecule has 2 aromatic rings. The lowest BCUT2D eigenvalue weighted by molar-refractivity contribution is 0.0976. The second-order valence-electron chi connectivity index (χ2n) is 5.58. The first-order valence-corrected chi connectivity index (χ1v) is 7.19. The van der Waals surface area contributed by atoms with Crippen LogP contribution in [0.2, 0.25) is 0 Å². The van der Waals surface area contributed by atoms with Crippen LogP contribution < -0.4 is 9.64 Å². The number of ether oxygens (including phenoxy) is 1. The molecule has 0 atom stereocenters. The average Bonchev–Trinajstić information content (AvgIpc) is 2.48. The first-order chi connectivity index (χ1) is 10.1. The predicted molar refractivity (Wildman–Crippen MR) is 84.3 cm³/mol. The average molecular weight is 281 g/mol. The molecule has 0 spiro atoms. The van der Waals surface area contributed by atoms with Crippen molar-refractivity contribution in [3.05, 3.63) is 58.7 Å². The first kappa shape index (κ1) is 13.7. The number of anilines is 1. The number of aryl methyl sites for hydroxylation is 3. The maximum atomic E-state index is 12.8. The third kappa shape index (κ3) is 2.51. The van der Waals surface area contributed by atoms with Crippen molar-refractivity contribution in [2.45, 2.75) is 20.8 Å². The van der Waals surface area contributed by atoms with E-state index >= 15 is 0 Å². The Morgan fingerprint density at radius 3 is 2.62 bits per heavy atom. The molecule has 1 amide bonds. The number of rotatable bonds is 1. The molecular formula is C18H19NO2. The zero-order valence-electron chi connectivity index (χ0n) is 12.6. The van der Waals surface area contributed by atoms with E-state index in [1.54, 1.807) is 0 Å². The van der Waals surface area contributed by atoms with Crippen LogP contribution in [0.5, 0.6) is 5.75 Å². The highest BCUT2D eigenvalue weighted by atomic mass is 16.5. The molecule has 1 heterocycles. The molecule has 0 aliphatic carbocycles. The Labute approximate surface area is 125 Å². The molecule has 1 aliphatic rings. The smallest absolute Gasteiger partial charge is 0.258 e. The van der Waals surface area contributed by atoms with Crippen molar-refractivity contribution in [3.63, 3.8) is 0 Å². The zero-order chi connectivity index (χ0) is 15.0. The highest BCUT2D eigenvalue weighted by Crippen LogP contribution is 2.33. The van der Waals surface area contributed by atoms with E-state index < -0.39 is 0 Å². The van der Waals surface area contributed by atoms with Gasteiger partial charge in [0.05, 0.1) is 12.2 Å². The maximum absolute atomic E-state index is 12.8. The van der Waals surface area contributed by atoms with Gasteiger partial charge in [0.2, 0.25) is 0 Å². The summed E-state index contributed by atoms with van der Waals surface area (Å²) in [6.45, 7) is 7.23. The number of amides is 1. The number of nitrogens with zero attached hydrogens (tertiary/aromatic N) is 1. The summed E-state index contributed by atoms with van der Waals surface area (Å²) in [6.07, 6.45) is 0. The lowest BCUT2D eigenvalue weighted by Gasteiger charge is -2.30. The molecule has 0 saturated heterocycles. The SMILES string of the molecule is Cc1ccc2c(c1)N(C(=O)c1ccc(C)c(C)c1)CCO2. The van der Waals surface area contributed by atoms with Crippen LogP contribution in [0, 0.1) is 20.8 Å². The van der Waals surface area contributed by atoms with Crippen molar-refractivity contribution in [1.29, 1.82) is 0 Å². The van der Waals surface area contributed by atoms with E-state index in [4.69, 9.17) is 4.74 Å². The largest absolute Gasteiger partial charge is 0.490 e. The molecule has 21 heavy (non-hydrogen) atoms. The van der Waals surface area contributed by atoms with E-state index in [0.717, 1.165) is 28.1 Å². The van der Waals surface area contributed by atoms with Gasteiger partial charge in [0.1, 0.15) is 12.4 Å².